The molecule has 2 atom stereocenters. The van der Waals surface area contributed by atoms with Gasteiger partial charge in [-0.05, 0) is 24.8 Å². The zero-order valence-electron chi connectivity index (χ0n) is 16.0. The zero-order chi connectivity index (χ0) is 21.0. The van der Waals surface area contributed by atoms with E-state index in [0.717, 1.165) is 25.1 Å². The van der Waals surface area contributed by atoms with E-state index < -0.39 is 28.6 Å². The van der Waals surface area contributed by atoms with E-state index >= 15 is 4.39 Å². The van der Waals surface area contributed by atoms with Gasteiger partial charge in [-0.1, -0.05) is 6.92 Å². The van der Waals surface area contributed by atoms with Crippen LogP contribution in [0.5, 0.6) is 0 Å². The van der Waals surface area contributed by atoms with Gasteiger partial charge >= 0.3 is 5.97 Å². The topological polar surface area (TPSA) is 91.6 Å². The molecule has 7 nitrogen and oxygen atoms in total. The van der Waals surface area contributed by atoms with Crippen molar-refractivity contribution in [2.24, 2.45) is 5.92 Å². The molecule has 1 aliphatic heterocycles. The van der Waals surface area contributed by atoms with Gasteiger partial charge in [0.15, 0.2) is 5.82 Å². The smallest absolute Gasteiger partial charge is 0.341 e. The number of carbonyl (C=O) groups excluding carboxylic acids is 1. The number of hydrogen-bond acceptors (Lipinski definition) is 4. The average Bonchev–Trinajstić information content (AvgIpc) is 3.40. The first-order chi connectivity index (χ1) is 13.7. The summed E-state index contributed by atoms with van der Waals surface area (Å²) in [5, 5.41) is 11.8. The van der Waals surface area contributed by atoms with Gasteiger partial charge in [0.25, 0.3) is 0 Å². The second kappa shape index (κ2) is 6.82. The number of aromatic carboxylic acids is 1. The Morgan fingerprint density at radius 2 is 1.93 bits per heavy atom. The Balaban J connectivity index is 1.88. The molecule has 29 heavy (non-hydrogen) atoms. The van der Waals surface area contributed by atoms with Gasteiger partial charge in [-0.2, -0.15) is 0 Å². The van der Waals surface area contributed by atoms with E-state index in [1.165, 1.54) is 16.4 Å². The number of carboxylic acids is 1. The summed E-state index contributed by atoms with van der Waals surface area (Å²) in [5.41, 5.74) is -1.74. The summed E-state index contributed by atoms with van der Waals surface area (Å²) in [4.78, 5) is 36.9. The number of benzene rings is 1. The van der Waals surface area contributed by atoms with Gasteiger partial charge in [-0.3, -0.25) is 9.59 Å². The molecule has 4 rings (SSSR count). The third-order valence-corrected chi connectivity index (χ3v) is 5.67. The summed E-state index contributed by atoms with van der Waals surface area (Å²) in [6, 6.07) is 0.563. The van der Waals surface area contributed by atoms with E-state index in [9.17, 15) is 23.9 Å². The quantitative estimate of drug-likeness (QED) is 0.814. The molecule has 0 unspecified atom stereocenters. The molecule has 2 N–H and O–H groups in total. The van der Waals surface area contributed by atoms with E-state index in [0.29, 0.717) is 6.54 Å². The molecule has 0 radical (unpaired) electrons. The number of fused-ring (bicyclic) bond motifs is 1. The number of aromatic nitrogens is 1. The number of nitrogens with zero attached hydrogens (tertiary/aromatic N) is 2. The first-order valence-electron chi connectivity index (χ1n) is 9.51. The lowest BCUT2D eigenvalue weighted by Gasteiger charge is -2.22. The summed E-state index contributed by atoms with van der Waals surface area (Å²) in [6.07, 6.45) is 2.62. The van der Waals surface area contributed by atoms with Crippen molar-refractivity contribution in [1.82, 2.24) is 9.88 Å². The average molecular weight is 405 g/mol. The second-order valence-corrected chi connectivity index (χ2v) is 7.92. The SMILES string of the molecule is CC(=O)N[C@@H]1CN(c2c(F)cc3c(=O)c(C(=O)O)cn(C4CC4)c3c2F)C[C@H]1C. The van der Waals surface area contributed by atoms with Gasteiger partial charge in [0.2, 0.25) is 11.3 Å². The normalized spacial score (nSPS) is 21.6. The maximum Gasteiger partial charge on any atom is 0.341 e. The van der Waals surface area contributed by atoms with Crippen molar-refractivity contribution in [3.8, 4) is 0 Å². The lowest BCUT2D eigenvalue weighted by molar-refractivity contribution is -0.119. The molecular weight excluding hydrogens is 384 g/mol. The lowest BCUT2D eigenvalue weighted by Crippen LogP contribution is -2.38. The van der Waals surface area contributed by atoms with Crippen LogP contribution in [0.25, 0.3) is 10.9 Å². The van der Waals surface area contributed by atoms with Crippen molar-refractivity contribution in [2.45, 2.75) is 38.8 Å². The molecule has 1 aromatic carbocycles. The van der Waals surface area contributed by atoms with Crippen molar-refractivity contribution in [2.75, 3.05) is 18.0 Å². The lowest BCUT2D eigenvalue weighted by atomic mass is 10.1. The molecule has 9 heteroatoms. The van der Waals surface area contributed by atoms with Crippen LogP contribution in [-0.4, -0.2) is 40.7 Å². The molecule has 1 aromatic heterocycles. The highest BCUT2D eigenvalue weighted by Crippen LogP contribution is 2.40. The predicted molar refractivity (Wildman–Crippen MR) is 102 cm³/mol. The van der Waals surface area contributed by atoms with Crippen molar-refractivity contribution in [1.29, 1.82) is 0 Å². The van der Waals surface area contributed by atoms with Gasteiger partial charge in [-0.15, -0.1) is 0 Å². The van der Waals surface area contributed by atoms with E-state index in [1.54, 1.807) is 0 Å². The highest BCUT2D eigenvalue weighted by molar-refractivity contribution is 5.94. The predicted octanol–water partition coefficient (Wildman–Crippen LogP) is 2.27. The highest BCUT2D eigenvalue weighted by atomic mass is 19.1. The van der Waals surface area contributed by atoms with Crippen LogP contribution in [0.2, 0.25) is 0 Å². The fraction of sp³-hybridized carbons (Fsp3) is 0.450. The van der Waals surface area contributed by atoms with Crippen molar-refractivity contribution in [3.63, 3.8) is 0 Å². The first kappa shape index (κ1) is 19.4. The van der Waals surface area contributed by atoms with E-state index in [-0.39, 0.29) is 47.0 Å². The fourth-order valence-corrected chi connectivity index (χ4v) is 4.11. The van der Waals surface area contributed by atoms with E-state index in [2.05, 4.69) is 5.32 Å². The van der Waals surface area contributed by atoms with Gasteiger partial charge in [0.05, 0.1) is 16.9 Å². The molecule has 2 aliphatic rings. The van der Waals surface area contributed by atoms with Gasteiger partial charge in [0, 0.05) is 32.3 Å². The monoisotopic (exact) mass is 405 g/mol. The van der Waals surface area contributed by atoms with Crippen LogP contribution in [-0.2, 0) is 4.79 Å². The van der Waals surface area contributed by atoms with Crippen molar-refractivity contribution >= 4 is 28.5 Å². The van der Waals surface area contributed by atoms with Gasteiger partial charge in [-0.25, -0.2) is 13.6 Å². The Labute approximate surface area is 164 Å². The minimum Gasteiger partial charge on any atom is -0.477 e. The number of anilines is 1. The largest absolute Gasteiger partial charge is 0.477 e. The zero-order valence-corrected chi connectivity index (χ0v) is 16.0. The number of carboxylic acid groups (broad SMARTS) is 1. The minimum absolute atomic E-state index is 0.0200. The summed E-state index contributed by atoms with van der Waals surface area (Å²) in [5.74, 6) is -3.47. The Bertz CT molecular complexity index is 1090. The standard InChI is InChI=1S/C20H21F2N3O4/c1-9-6-24(8-15(9)23-10(2)26)18-14(21)5-12-17(16(18)22)25(11-3-4-11)7-13(19(12)27)20(28)29/h5,7,9,11,15H,3-4,6,8H2,1-2H3,(H,23,26)(H,28,29)/t9-,15-/m1/s1. The maximum absolute atomic E-state index is 15.6. The Morgan fingerprint density at radius 1 is 1.24 bits per heavy atom. The number of rotatable bonds is 4. The minimum atomic E-state index is -1.43. The Hall–Kier alpha value is -2.97. The van der Waals surface area contributed by atoms with Crippen LogP contribution in [0.4, 0.5) is 14.5 Å². The molecule has 0 spiro atoms. The molecule has 2 fully saturated rings. The van der Waals surface area contributed by atoms with E-state index in [1.807, 2.05) is 6.92 Å². The fourth-order valence-electron chi connectivity index (χ4n) is 4.11. The number of amides is 1. The number of halogens is 2. The van der Waals surface area contributed by atoms with Crippen LogP contribution >= 0.6 is 0 Å². The Kier molecular flexibility index (Phi) is 4.55. The van der Waals surface area contributed by atoms with Crippen LogP contribution in [0.3, 0.4) is 0 Å². The van der Waals surface area contributed by atoms with Crippen molar-refractivity contribution in [3.05, 3.63) is 39.7 Å². The molecule has 1 aliphatic carbocycles. The summed E-state index contributed by atoms with van der Waals surface area (Å²) >= 11 is 0. The third-order valence-electron chi connectivity index (χ3n) is 5.67. The maximum atomic E-state index is 15.6. The van der Waals surface area contributed by atoms with E-state index in [4.69, 9.17) is 0 Å². The number of nitrogens with one attached hydrogen (secondary N) is 1. The van der Waals surface area contributed by atoms with Crippen LogP contribution in [0, 0.1) is 17.6 Å². The van der Waals surface area contributed by atoms with Crippen LogP contribution in [0.1, 0.15) is 43.1 Å². The molecule has 1 amide bonds. The summed E-state index contributed by atoms with van der Waals surface area (Å²) in [7, 11) is 0. The molecule has 0 bridgehead atoms. The summed E-state index contributed by atoms with van der Waals surface area (Å²) in [6.45, 7) is 3.85. The van der Waals surface area contributed by atoms with Crippen LogP contribution < -0.4 is 15.6 Å². The first-order valence-corrected chi connectivity index (χ1v) is 9.51. The molecule has 1 saturated carbocycles. The van der Waals surface area contributed by atoms with Gasteiger partial charge in [0.1, 0.15) is 17.1 Å². The van der Waals surface area contributed by atoms with Crippen molar-refractivity contribution < 1.29 is 23.5 Å². The number of pyridine rings is 1. The van der Waals surface area contributed by atoms with Crippen LogP contribution in [0.15, 0.2) is 17.1 Å². The third kappa shape index (κ3) is 3.24. The molecule has 1 saturated heterocycles. The molecular formula is C20H21F2N3O4. The molecule has 2 heterocycles. The second-order valence-electron chi connectivity index (χ2n) is 7.92. The molecule has 2 aromatic rings. The molecule has 154 valence electrons. The number of hydrogen-bond donors (Lipinski definition) is 2. The number of carbonyl (C=O) groups is 2. The van der Waals surface area contributed by atoms with Gasteiger partial charge < -0.3 is 19.9 Å². The summed E-state index contributed by atoms with van der Waals surface area (Å²) < 4.78 is 32.0. The highest BCUT2D eigenvalue weighted by Gasteiger charge is 2.35. The Morgan fingerprint density at radius 3 is 2.52 bits per heavy atom.